The molecule has 24 heavy (non-hydrogen) atoms. The van der Waals surface area contributed by atoms with Crippen molar-refractivity contribution in [1.29, 1.82) is 0 Å². The summed E-state index contributed by atoms with van der Waals surface area (Å²) in [5.74, 6) is 1.06. The van der Waals surface area contributed by atoms with E-state index >= 15 is 0 Å². The fourth-order valence-corrected chi connectivity index (χ4v) is 3.58. The van der Waals surface area contributed by atoms with E-state index in [4.69, 9.17) is 0 Å². The van der Waals surface area contributed by atoms with E-state index < -0.39 is 0 Å². The Bertz CT molecular complexity index is 963. The van der Waals surface area contributed by atoms with Crippen molar-refractivity contribution in [2.24, 2.45) is 0 Å². The molecule has 2 unspecified atom stereocenters. The number of nitrogens with zero attached hydrogens (tertiary/aromatic N) is 1. The molecule has 0 amide bonds. The zero-order valence-electron chi connectivity index (χ0n) is 14.2. The lowest BCUT2D eigenvalue weighted by molar-refractivity contribution is 0.576. The highest BCUT2D eigenvalue weighted by atomic mass is 14.9. The molecule has 0 saturated carbocycles. The topological polar surface area (TPSA) is 44.5 Å². The molecule has 3 heteroatoms. The molecule has 2 N–H and O–H groups in total. The van der Waals surface area contributed by atoms with Crippen LogP contribution >= 0.6 is 0 Å². The third-order valence-corrected chi connectivity index (χ3v) is 5.19. The minimum atomic E-state index is 0.508. The average Bonchev–Trinajstić information content (AvgIpc) is 3.26. The number of nitrogens with one attached hydrogen (secondary N) is 2. The SMILES string of the molecule is CC(CCC(C)c1cccc2[nH]cnc12)c1ccc2cc[nH]c2c1. The van der Waals surface area contributed by atoms with Crippen molar-refractivity contribution in [1.82, 2.24) is 15.0 Å². The Labute approximate surface area is 142 Å². The van der Waals surface area contributed by atoms with E-state index in [2.05, 4.69) is 71.3 Å². The summed E-state index contributed by atoms with van der Waals surface area (Å²) in [6, 6.07) is 15.3. The molecule has 122 valence electrons. The highest BCUT2D eigenvalue weighted by molar-refractivity contribution is 5.80. The molecular formula is C21H23N3. The number of benzene rings is 2. The van der Waals surface area contributed by atoms with Crippen molar-refractivity contribution < 1.29 is 0 Å². The first kappa shape index (κ1) is 15.0. The lowest BCUT2D eigenvalue weighted by atomic mass is 9.88. The summed E-state index contributed by atoms with van der Waals surface area (Å²) in [6.45, 7) is 4.64. The molecule has 0 spiro atoms. The molecule has 0 aliphatic rings. The first-order valence-corrected chi connectivity index (χ1v) is 8.71. The van der Waals surface area contributed by atoms with Crippen LogP contribution in [-0.4, -0.2) is 15.0 Å². The molecule has 0 saturated heterocycles. The van der Waals surface area contributed by atoms with Gasteiger partial charge in [0.15, 0.2) is 0 Å². The molecule has 2 heterocycles. The maximum atomic E-state index is 4.49. The summed E-state index contributed by atoms with van der Waals surface area (Å²) in [5, 5.41) is 1.28. The summed E-state index contributed by atoms with van der Waals surface area (Å²) in [4.78, 5) is 11.0. The Morgan fingerprint density at radius 2 is 1.79 bits per heavy atom. The van der Waals surface area contributed by atoms with Gasteiger partial charge in [-0.1, -0.05) is 38.1 Å². The Morgan fingerprint density at radius 3 is 2.71 bits per heavy atom. The summed E-state index contributed by atoms with van der Waals surface area (Å²) < 4.78 is 0. The molecule has 4 rings (SSSR count). The lowest BCUT2D eigenvalue weighted by Crippen LogP contribution is -2.00. The third kappa shape index (κ3) is 2.71. The Morgan fingerprint density at radius 1 is 0.917 bits per heavy atom. The monoisotopic (exact) mass is 317 g/mol. The van der Waals surface area contributed by atoms with Crippen LogP contribution in [0.25, 0.3) is 21.9 Å². The molecule has 2 aromatic heterocycles. The molecule has 2 atom stereocenters. The summed E-state index contributed by atoms with van der Waals surface area (Å²) in [5.41, 5.74) is 6.24. The molecule has 0 radical (unpaired) electrons. The normalized spacial score (nSPS) is 14.2. The van der Waals surface area contributed by atoms with Gasteiger partial charge in [0.2, 0.25) is 0 Å². The minimum absolute atomic E-state index is 0.508. The van der Waals surface area contributed by atoms with Crippen LogP contribution in [-0.2, 0) is 0 Å². The van der Waals surface area contributed by atoms with Crippen LogP contribution in [0, 0.1) is 0 Å². The number of para-hydroxylation sites is 1. The van der Waals surface area contributed by atoms with E-state index in [1.165, 1.54) is 28.5 Å². The van der Waals surface area contributed by atoms with Crippen LogP contribution in [0.4, 0.5) is 0 Å². The molecule has 3 nitrogen and oxygen atoms in total. The number of H-pyrrole nitrogens is 2. The highest BCUT2D eigenvalue weighted by Crippen LogP contribution is 2.31. The van der Waals surface area contributed by atoms with Crippen LogP contribution in [0.5, 0.6) is 0 Å². The first-order valence-electron chi connectivity index (χ1n) is 8.71. The summed E-state index contributed by atoms with van der Waals surface area (Å²) >= 11 is 0. The van der Waals surface area contributed by atoms with Gasteiger partial charge in [0.1, 0.15) is 0 Å². The van der Waals surface area contributed by atoms with E-state index in [-0.39, 0.29) is 0 Å². The third-order valence-electron chi connectivity index (χ3n) is 5.19. The smallest absolute Gasteiger partial charge is 0.0931 e. The van der Waals surface area contributed by atoms with Crippen LogP contribution in [0.3, 0.4) is 0 Å². The van der Waals surface area contributed by atoms with Gasteiger partial charge in [0.05, 0.1) is 17.4 Å². The average molecular weight is 317 g/mol. The number of aromatic amines is 2. The van der Waals surface area contributed by atoms with Gasteiger partial charge in [-0.05, 0) is 59.4 Å². The number of imidazole rings is 1. The lowest BCUT2D eigenvalue weighted by Gasteiger charge is -2.17. The van der Waals surface area contributed by atoms with Crippen molar-refractivity contribution in [3.8, 4) is 0 Å². The second kappa shape index (κ2) is 6.16. The Balaban J connectivity index is 1.48. The van der Waals surface area contributed by atoms with Crippen LogP contribution in [0.1, 0.15) is 49.7 Å². The number of fused-ring (bicyclic) bond motifs is 2. The van der Waals surface area contributed by atoms with E-state index in [0.29, 0.717) is 11.8 Å². The van der Waals surface area contributed by atoms with Crippen LogP contribution in [0.2, 0.25) is 0 Å². The molecule has 0 bridgehead atoms. The number of hydrogen-bond donors (Lipinski definition) is 2. The maximum absolute atomic E-state index is 4.49. The molecule has 2 aromatic carbocycles. The van der Waals surface area contributed by atoms with Gasteiger partial charge < -0.3 is 9.97 Å². The predicted octanol–water partition coefficient (Wildman–Crippen LogP) is 5.73. The number of aromatic nitrogens is 3. The van der Waals surface area contributed by atoms with Crippen molar-refractivity contribution in [3.63, 3.8) is 0 Å². The summed E-state index contributed by atoms with van der Waals surface area (Å²) in [7, 11) is 0. The first-order chi connectivity index (χ1) is 11.7. The van der Waals surface area contributed by atoms with E-state index in [0.717, 1.165) is 17.5 Å². The van der Waals surface area contributed by atoms with Gasteiger partial charge >= 0.3 is 0 Å². The highest BCUT2D eigenvalue weighted by Gasteiger charge is 2.14. The zero-order chi connectivity index (χ0) is 16.5. The quantitative estimate of drug-likeness (QED) is 0.485. The maximum Gasteiger partial charge on any atom is 0.0931 e. The second-order valence-corrected chi connectivity index (χ2v) is 6.85. The molecule has 0 fully saturated rings. The van der Waals surface area contributed by atoms with Crippen molar-refractivity contribution in [2.75, 3.05) is 0 Å². The Kier molecular flexibility index (Phi) is 3.85. The molecule has 0 aliphatic carbocycles. The van der Waals surface area contributed by atoms with Gasteiger partial charge in [-0.3, -0.25) is 0 Å². The number of hydrogen-bond acceptors (Lipinski definition) is 1. The summed E-state index contributed by atoms with van der Waals surface area (Å²) in [6.07, 6.45) is 6.13. The van der Waals surface area contributed by atoms with Crippen LogP contribution in [0.15, 0.2) is 55.0 Å². The van der Waals surface area contributed by atoms with Gasteiger partial charge in [0, 0.05) is 11.7 Å². The van der Waals surface area contributed by atoms with Gasteiger partial charge in [-0.15, -0.1) is 0 Å². The molecule has 0 aliphatic heterocycles. The largest absolute Gasteiger partial charge is 0.361 e. The van der Waals surface area contributed by atoms with Crippen LogP contribution < -0.4 is 0 Å². The zero-order valence-corrected chi connectivity index (χ0v) is 14.2. The van der Waals surface area contributed by atoms with Gasteiger partial charge in [-0.2, -0.15) is 0 Å². The van der Waals surface area contributed by atoms with Gasteiger partial charge in [0.25, 0.3) is 0 Å². The second-order valence-electron chi connectivity index (χ2n) is 6.85. The van der Waals surface area contributed by atoms with E-state index in [1.807, 2.05) is 6.20 Å². The van der Waals surface area contributed by atoms with Crippen molar-refractivity contribution in [3.05, 3.63) is 66.1 Å². The number of rotatable bonds is 5. The predicted molar refractivity (Wildman–Crippen MR) is 100 cm³/mol. The molecule has 4 aromatic rings. The molecular weight excluding hydrogens is 294 g/mol. The fraction of sp³-hybridized carbons (Fsp3) is 0.286. The Hall–Kier alpha value is -2.55. The fourth-order valence-electron chi connectivity index (χ4n) is 3.58. The van der Waals surface area contributed by atoms with Crippen molar-refractivity contribution >= 4 is 21.9 Å². The van der Waals surface area contributed by atoms with Crippen molar-refractivity contribution in [2.45, 2.75) is 38.5 Å². The van der Waals surface area contributed by atoms with Gasteiger partial charge in [-0.25, -0.2) is 4.98 Å². The minimum Gasteiger partial charge on any atom is -0.361 e. The standard InChI is InChI=1S/C21H23N3/c1-14(17-9-8-16-10-11-22-20(16)12-17)6-7-15(2)18-4-3-5-19-21(18)24-13-23-19/h3-5,8-15,22H,6-7H2,1-2H3,(H,23,24). The van der Waals surface area contributed by atoms with E-state index in [1.54, 1.807) is 6.33 Å². The van der Waals surface area contributed by atoms with E-state index in [9.17, 15) is 0 Å².